The van der Waals surface area contributed by atoms with Crippen molar-refractivity contribution in [1.29, 1.82) is 0 Å². The molecule has 0 spiro atoms. The van der Waals surface area contributed by atoms with Crippen molar-refractivity contribution >= 4 is 33.4 Å². The molecule has 3 N–H and O–H groups in total. The number of benzene rings is 1. The first kappa shape index (κ1) is 11.2. The first-order chi connectivity index (χ1) is 7.58. The van der Waals surface area contributed by atoms with Gasteiger partial charge in [-0.05, 0) is 18.2 Å². The zero-order valence-electron chi connectivity index (χ0n) is 8.00. The molecule has 6 heteroatoms. The number of halogens is 2. The second-order valence-corrected chi connectivity index (χ2v) is 4.48. The van der Waals surface area contributed by atoms with Crippen LogP contribution in [-0.4, -0.2) is 16.1 Å². The lowest BCUT2D eigenvalue weighted by Crippen LogP contribution is -2.10. The minimum atomic E-state index is -0.549. The van der Waals surface area contributed by atoms with Gasteiger partial charge in [0.25, 0.3) is 5.91 Å². The molecule has 4 nitrogen and oxygen atoms in total. The van der Waals surface area contributed by atoms with E-state index in [2.05, 4.69) is 26.1 Å². The first-order valence-electron chi connectivity index (χ1n) is 4.38. The van der Waals surface area contributed by atoms with Crippen LogP contribution >= 0.6 is 27.5 Å². The van der Waals surface area contributed by atoms with E-state index in [0.717, 1.165) is 10.0 Å². The van der Waals surface area contributed by atoms with Gasteiger partial charge in [-0.15, -0.1) is 0 Å². The predicted molar refractivity (Wildman–Crippen MR) is 65.3 cm³/mol. The summed E-state index contributed by atoms with van der Waals surface area (Å²) < 4.78 is 0.881. The molecule has 2 aromatic rings. The number of aromatic nitrogens is 2. The van der Waals surface area contributed by atoms with E-state index in [0.29, 0.717) is 10.7 Å². The maximum absolute atomic E-state index is 10.9. The zero-order chi connectivity index (χ0) is 11.7. The molecule has 0 fully saturated rings. The number of hydrogen-bond donors (Lipinski definition) is 2. The summed E-state index contributed by atoms with van der Waals surface area (Å²) in [5.41, 5.74) is 6.71. The molecule has 2 rings (SSSR count). The maximum atomic E-state index is 10.9. The first-order valence-corrected chi connectivity index (χ1v) is 5.55. The standard InChI is InChI=1S/C10H7BrClN3O/c11-5-1-2-6(7(12)3-5)8-4-9(10(13)16)15-14-8/h1-4H,(H2,13,16)(H,14,15). The number of aromatic amines is 1. The van der Waals surface area contributed by atoms with Crippen molar-refractivity contribution in [2.45, 2.75) is 0 Å². The van der Waals surface area contributed by atoms with Crippen LogP contribution in [0.5, 0.6) is 0 Å². The molecule has 1 heterocycles. The fraction of sp³-hybridized carbons (Fsp3) is 0. The highest BCUT2D eigenvalue weighted by molar-refractivity contribution is 9.10. The van der Waals surface area contributed by atoms with E-state index in [-0.39, 0.29) is 5.69 Å². The molecule has 0 aliphatic carbocycles. The third-order valence-electron chi connectivity index (χ3n) is 2.05. The summed E-state index contributed by atoms with van der Waals surface area (Å²) in [4.78, 5) is 10.9. The summed E-state index contributed by atoms with van der Waals surface area (Å²) in [5.74, 6) is -0.549. The number of primary amides is 1. The third kappa shape index (κ3) is 2.10. The number of nitrogens with zero attached hydrogens (tertiary/aromatic N) is 1. The Morgan fingerprint density at radius 2 is 2.19 bits per heavy atom. The molecule has 0 saturated heterocycles. The Morgan fingerprint density at radius 3 is 2.75 bits per heavy atom. The van der Waals surface area contributed by atoms with Gasteiger partial charge in [-0.2, -0.15) is 5.10 Å². The largest absolute Gasteiger partial charge is 0.364 e. The molecule has 16 heavy (non-hydrogen) atoms. The Bertz CT molecular complexity index is 553. The molecule has 0 aliphatic heterocycles. The van der Waals surface area contributed by atoms with Crippen molar-refractivity contribution in [2.75, 3.05) is 0 Å². The molecule has 0 saturated carbocycles. The normalized spacial score (nSPS) is 10.4. The van der Waals surface area contributed by atoms with Crippen LogP contribution in [-0.2, 0) is 0 Å². The summed E-state index contributed by atoms with van der Waals surface area (Å²) in [6.07, 6.45) is 0. The van der Waals surface area contributed by atoms with Gasteiger partial charge in [0.1, 0.15) is 5.69 Å². The van der Waals surface area contributed by atoms with E-state index in [1.54, 1.807) is 12.1 Å². The Balaban J connectivity index is 2.46. The molecule has 0 atom stereocenters. The molecule has 1 aromatic carbocycles. The number of carbonyl (C=O) groups is 1. The molecule has 0 radical (unpaired) electrons. The van der Waals surface area contributed by atoms with E-state index in [1.165, 1.54) is 0 Å². The van der Waals surface area contributed by atoms with Crippen LogP contribution in [0, 0.1) is 0 Å². The smallest absolute Gasteiger partial charge is 0.266 e. The zero-order valence-corrected chi connectivity index (χ0v) is 10.3. The van der Waals surface area contributed by atoms with E-state index in [9.17, 15) is 4.79 Å². The van der Waals surface area contributed by atoms with Gasteiger partial charge >= 0.3 is 0 Å². The fourth-order valence-corrected chi connectivity index (χ4v) is 2.05. The van der Waals surface area contributed by atoms with Gasteiger partial charge in [0, 0.05) is 10.0 Å². The molecule has 1 amide bonds. The van der Waals surface area contributed by atoms with E-state index >= 15 is 0 Å². The van der Waals surface area contributed by atoms with Crippen molar-refractivity contribution in [3.05, 3.63) is 39.5 Å². The van der Waals surface area contributed by atoms with Gasteiger partial charge in [-0.1, -0.05) is 33.6 Å². The molecule has 0 aliphatic rings. The van der Waals surface area contributed by atoms with E-state index < -0.39 is 5.91 Å². The van der Waals surface area contributed by atoms with Crippen LogP contribution < -0.4 is 5.73 Å². The summed E-state index contributed by atoms with van der Waals surface area (Å²) in [6.45, 7) is 0. The Hall–Kier alpha value is -1.33. The number of amides is 1. The van der Waals surface area contributed by atoms with Crippen molar-refractivity contribution in [1.82, 2.24) is 10.2 Å². The summed E-state index contributed by atoms with van der Waals surface area (Å²) in [5, 5.41) is 7.08. The second-order valence-electron chi connectivity index (χ2n) is 3.16. The lowest BCUT2D eigenvalue weighted by molar-refractivity contribution is 0.0995. The lowest BCUT2D eigenvalue weighted by Gasteiger charge is -2.00. The van der Waals surface area contributed by atoms with Gasteiger partial charge in [-0.3, -0.25) is 9.89 Å². The highest BCUT2D eigenvalue weighted by atomic mass is 79.9. The quantitative estimate of drug-likeness (QED) is 0.895. The SMILES string of the molecule is NC(=O)c1cc(-c2ccc(Br)cc2Cl)n[nH]1. The van der Waals surface area contributed by atoms with Crippen LogP contribution in [0.2, 0.25) is 5.02 Å². The van der Waals surface area contributed by atoms with Gasteiger partial charge < -0.3 is 5.73 Å². The van der Waals surface area contributed by atoms with Crippen LogP contribution in [0.15, 0.2) is 28.7 Å². The van der Waals surface area contributed by atoms with Crippen LogP contribution in [0.25, 0.3) is 11.3 Å². The van der Waals surface area contributed by atoms with E-state index in [4.69, 9.17) is 17.3 Å². The molecule has 0 bridgehead atoms. The van der Waals surface area contributed by atoms with Crippen LogP contribution in [0.1, 0.15) is 10.5 Å². The Kier molecular flexibility index (Phi) is 2.98. The summed E-state index contributed by atoms with van der Waals surface area (Å²) in [6, 6.07) is 6.99. The Labute approximate surface area is 105 Å². The topological polar surface area (TPSA) is 71.8 Å². The summed E-state index contributed by atoms with van der Waals surface area (Å²) >= 11 is 9.36. The number of nitrogens with two attached hydrogens (primary N) is 1. The maximum Gasteiger partial charge on any atom is 0.266 e. The van der Waals surface area contributed by atoms with Crippen molar-refractivity contribution in [3.8, 4) is 11.3 Å². The number of H-pyrrole nitrogens is 1. The minimum Gasteiger partial charge on any atom is -0.364 e. The fourth-order valence-electron chi connectivity index (χ4n) is 1.28. The highest BCUT2D eigenvalue weighted by Crippen LogP contribution is 2.29. The van der Waals surface area contributed by atoms with Crippen molar-refractivity contribution < 1.29 is 4.79 Å². The highest BCUT2D eigenvalue weighted by Gasteiger charge is 2.10. The Morgan fingerprint density at radius 1 is 1.44 bits per heavy atom. The minimum absolute atomic E-state index is 0.258. The summed E-state index contributed by atoms with van der Waals surface area (Å²) in [7, 11) is 0. The van der Waals surface area contributed by atoms with E-state index in [1.807, 2.05) is 12.1 Å². The monoisotopic (exact) mass is 299 g/mol. The third-order valence-corrected chi connectivity index (χ3v) is 2.86. The number of hydrogen-bond acceptors (Lipinski definition) is 2. The van der Waals surface area contributed by atoms with Gasteiger partial charge in [0.2, 0.25) is 0 Å². The van der Waals surface area contributed by atoms with Crippen molar-refractivity contribution in [3.63, 3.8) is 0 Å². The molecule has 0 unspecified atom stereocenters. The van der Waals surface area contributed by atoms with Gasteiger partial charge in [0.15, 0.2) is 0 Å². The second kappa shape index (κ2) is 4.27. The molecule has 82 valence electrons. The molecule has 1 aromatic heterocycles. The number of nitrogens with one attached hydrogen (secondary N) is 1. The average molecular weight is 301 g/mol. The van der Waals surface area contributed by atoms with Crippen molar-refractivity contribution in [2.24, 2.45) is 5.73 Å². The van der Waals surface area contributed by atoms with Crippen LogP contribution in [0.3, 0.4) is 0 Å². The number of carbonyl (C=O) groups excluding carboxylic acids is 1. The average Bonchev–Trinajstić information content (AvgIpc) is 2.66. The van der Waals surface area contributed by atoms with Gasteiger partial charge in [0.05, 0.1) is 10.7 Å². The molecular formula is C10H7BrClN3O. The van der Waals surface area contributed by atoms with Gasteiger partial charge in [-0.25, -0.2) is 0 Å². The van der Waals surface area contributed by atoms with Crippen LogP contribution in [0.4, 0.5) is 0 Å². The molecular weight excluding hydrogens is 293 g/mol. The lowest BCUT2D eigenvalue weighted by atomic mass is 10.1. The predicted octanol–water partition coefficient (Wildman–Crippen LogP) is 2.59. The number of rotatable bonds is 2.